The monoisotopic (exact) mass is 206 g/mol. The van der Waals surface area contributed by atoms with Crippen molar-refractivity contribution in [3.8, 4) is 11.8 Å². The van der Waals surface area contributed by atoms with Gasteiger partial charge in [0.1, 0.15) is 5.82 Å². The fourth-order valence-corrected chi connectivity index (χ4v) is 0.933. The molecule has 0 N–H and O–H groups in total. The van der Waals surface area contributed by atoms with Crippen molar-refractivity contribution in [3.05, 3.63) is 35.6 Å². The molecule has 0 atom stereocenters. The molecule has 0 amide bonds. The minimum atomic E-state index is -0.603. The Balaban J connectivity index is 2.69. The van der Waals surface area contributed by atoms with E-state index >= 15 is 0 Å². The van der Waals surface area contributed by atoms with Crippen LogP contribution >= 0.6 is 0 Å². The van der Waals surface area contributed by atoms with Crippen LogP contribution < -0.4 is 0 Å². The van der Waals surface area contributed by atoms with Crippen molar-refractivity contribution in [1.82, 2.24) is 0 Å². The molecule has 0 heterocycles. The van der Waals surface area contributed by atoms with Crippen molar-refractivity contribution in [3.63, 3.8) is 0 Å². The predicted molar refractivity (Wildman–Crippen MR) is 54.5 cm³/mol. The number of hydrogen-bond acceptors (Lipinski definition) is 2. The third-order valence-electron chi connectivity index (χ3n) is 1.48. The van der Waals surface area contributed by atoms with E-state index in [-0.39, 0.29) is 11.9 Å². The van der Waals surface area contributed by atoms with Gasteiger partial charge in [-0.1, -0.05) is 12.0 Å². The first kappa shape index (κ1) is 11.3. The van der Waals surface area contributed by atoms with Crippen molar-refractivity contribution in [2.45, 2.75) is 20.0 Å². The number of ether oxygens (including phenoxy) is 1. The first-order valence-corrected chi connectivity index (χ1v) is 4.56. The number of rotatable bonds is 1. The normalized spacial score (nSPS) is 9.33. The van der Waals surface area contributed by atoms with Crippen molar-refractivity contribution in [2.75, 3.05) is 0 Å². The lowest BCUT2D eigenvalue weighted by molar-refractivity contribution is -0.140. The van der Waals surface area contributed by atoms with Gasteiger partial charge >= 0.3 is 5.97 Å². The lowest BCUT2D eigenvalue weighted by Gasteiger charge is -2.01. The standard InChI is InChI=1S/C12H11FO2/c1-9(2)15-12(14)7-6-10-4-3-5-11(13)8-10/h3-5,8-9H,1-2H3. The second-order valence-corrected chi connectivity index (χ2v) is 3.21. The summed E-state index contributed by atoms with van der Waals surface area (Å²) in [6.07, 6.45) is -0.195. The molecule has 2 nitrogen and oxygen atoms in total. The Labute approximate surface area is 88.1 Å². The largest absolute Gasteiger partial charge is 0.453 e. The van der Waals surface area contributed by atoms with E-state index < -0.39 is 5.97 Å². The maximum absolute atomic E-state index is 12.7. The lowest BCUT2D eigenvalue weighted by Crippen LogP contribution is -2.08. The Kier molecular flexibility index (Phi) is 3.87. The molecule has 0 fully saturated rings. The predicted octanol–water partition coefficient (Wildman–Crippen LogP) is 2.13. The second kappa shape index (κ2) is 5.16. The molecule has 1 rings (SSSR count). The Morgan fingerprint density at radius 3 is 2.80 bits per heavy atom. The van der Waals surface area contributed by atoms with Crippen molar-refractivity contribution in [2.24, 2.45) is 0 Å². The number of benzene rings is 1. The first-order valence-electron chi connectivity index (χ1n) is 4.56. The third-order valence-corrected chi connectivity index (χ3v) is 1.48. The molecule has 0 aliphatic rings. The fraction of sp³-hybridized carbons (Fsp3) is 0.250. The summed E-state index contributed by atoms with van der Waals surface area (Å²) in [6, 6.07) is 5.74. The van der Waals surface area contributed by atoms with Gasteiger partial charge in [-0.3, -0.25) is 0 Å². The van der Waals surface area contributed by atoms with Crippen LogP contribution in [0.4, 0.5) is 4.39 Å². The van der Waals surface area contributed by atoms with Gasteiger partial charge in [0.15, 0.2) is 0 Å². The highest BCUT2D eigenvalue weighted by Gasteiger charge is 1.99. The number of hydrogen-bond donors (Lipinski definition) is 0. The summed E-state index contributed by atoms with van der Waals surface area (Å²) in [5, 5.41) is 0. The highest BCUT2D eigenvalue weighted by molar-refractivity contribution is 5.89. The van der Waals surface area contributed by atoms with Crippen LogP contribution in [0.15, 0.2) is 24.3 Å². The summed E-state index contributed by atoms with van der Waals surface area (Å²) in [5.74, 6) is 3.83. The summed E-state index contributed by atoms with van der Waals surface area (Å²) in [7, 11) is 0. The van der Waals surface area contributed by atoms with Gasteiger partial charge in [-0.2, -0.15) is 0 Å². The van der Waals surface area contributed by atoms with Crippen LogP contribution in [0.2, 0.25) is 0 Å². The summed E-state index contributed by atoms with van der Waals surface area (Å²) in [6.45, 7) is 3.48. The maximum atomic E-state index is 12.7. The van der Waals surface area contributed by atoms with E-state index in [1.54, 1.807) is 19.9 Å². The molecule has 0 unspecified atom stereocenters. The summed E-state index contributed by atoms with van der Waals surface area (Å²) in [5.41, 5.74) is 0.454. The molecule has 0 bridgehead atoms. The number of halogens is 1. The molecular weight excluding hydrogens is 195 g/mol. The topological polar surface area (TPSA) is 26.3 Å². The molecule has 0 radical (unpaired) electrons. The Morgan fingerprint density at radius 2 is 2.20 bits per heavy atom. The van der Waals surface area contributed by atoms with Gasteiger partial charge in [-0.25, -0.2) is 9.18 Å². The molecule has 0 saturated carbocycles. The van der Waals surface area contributed by atoms with Crippen LogP contribution in [0.1, 0.15) is 19.4 Å². The zero-order valence-corrected chi connectivity index (χ0v) is 8.58. The number of carbonyl (C=O) groups excluding carboxylic acids is 1. The summed E-state index contributed by atoms with van der Waals surface area (Å²) in [4.78, 5) is 11.0. The zero-order valence-electron chi connectivity index (χ0n) is 8.58. The van der Waals surface area contributed by atoms with E-state index in [9.17, 15) is 9.18 Å². The van der Waals surface area contributed by atoms with E-state index in [4.69, 9.17) is 4.74 Å². The molecule has 0 aliphatic heterocycles. The molecule has 1 aromatic carbocycles. The number of esters is 1. The van der Waals surface area contributed by atoms with Gasteiger partial charge in [-0.05, 0) is 32.0 Å². The molecule has 1 aromatic rings. The molecule has 0 aromatic heterocycles. The fourth-order valence-electron chi connectivity index (χ4n) is 0.933. The van der Waals surface area contributed by atoms with Gasteiger partial charge in [0.2, 0.25) is 0 Å². The van der Waals surface area contributed by atoms with Crippen LogP contribution in [0, 0.1) is 17.7 Å². The third kappa shape index (κ3) is 4.28. The van der Waals surface area contributed by atoms with Crippen molar-refractivity contribution >= 4 is 5.97 Å². The summed E-state index contributed by atoms with van der Waals surface area (Å²) < 4.78 is 17.5. The average Bonchev–Trinajstić information content (AvgIpc) is 2.14. The quantitative estimate of drug-likeness (QED) is 0.519. The van der Waals surface area contributed by atoms with Crippen LogP contribution in [0.3, 0.4) is 0 Å². The van der Waals surface area contributed by atoms with Gasteiger partial charge < -0.3 is 4.74 Å². The van der Waals surface area contributed by atoms with E-state index in [1.807, 2.05) is 0 Å². The SMILES string of the molecule is CC(C)OC(=O)C#Cc1cccc(F)c1. The minimum Gasteiger partial charge on any atom is -0.453 e. The van der Waals surface area contributed by atoms with E-state index in [0.29, 0.717) is 5.56 Å². The highest BCUT2D eigenvalue weighted by atomic mass is 19.1. The zero-order chi connectivity index (χ0) is 11.3. The molecule has 78 valence electrons. The van der Waals surface area contributed by atoms with Gasteiger partial charge in [-0.15, -0.1) is 0 Å². The maximum Gasteiger partial charge on any atom is 0.384 e. The van der Waals surface area contributed by atoms with Crippen LogP contribution in [-0.4, -0.2) is 12.1 Å². The van der Waals surface area contributed by atoms with E-state index in [2.05, 4.69) is 11.8 Å². The van der Waals surface area contributed by atoms with Gasteiger partial charge in [0.25, 0.3) is 0 Å². The molecule has 0 aliphatic carbocycles. The van der Waals surface area contributed by atoms with Crippen LogP contribution in [0.25, 0.3) is 0 Å². The van der Waals surface area contributed by atoms with Crippen molar-refractivity contribution < 1.29 is 13.9 Å². The Hall–Kier alpha value is -1.82. The molecule has 0 saturated heterocycles. The summed E-state index contributed by atoms with van der Waals surface area (Å²) >= 11 is 0. The molecule has 15 heavy (non-hydrogen) atoms. The smallest absolute Gasteiger partial charge is 0.384 e. The minimum absolute atomic E-state index is 0.195. The second-order valence-electron chi connectivity index (χ2n) is 3.21. The molecular formula is C12H11FO2. The Morgan fingerprint density at radius 1 is 1.47 bits per heavy atom. The highest BCUT2D eigenvalue weighted by Crippen LogP contribution is 2.01. The van der Waals surface area contributed by atoms with Crippen LogP contribution in [0.5, 0.6) is 0 Å². The van der Waals surface area contributed by atoms with E-state index in [1.165, 1.54) is 18.2 Å². The van der Waals surface area contributed by atoms with Gasteiger partial charge in [0.05, 0.1) is 6.10 Å². The lowest BCUT2D eigenvalue weighted by atomic mass is 10.2. The molecule has 0 spiro atoms. The molecule has 3 heteroatoms. The Bertz CT molecular complexity index is 413. The van der Waals surface area contributed by atoms with Crippen molar-refractivity contribution in [1.29, 1.82) is 0 Å². The first-order chi connectivity index (χ1) is 7.08. The van der Waals surface area contributed by atoms with E-state index in [0.717, 1.165) is 0 Å². The number of carbonyl (C=O) groups is 1. The average molecular weight is 206 g/mol. The van der Waals surface area contributed by atoms with Gasteiger partial charge in [0, 0.05) is 11.5 Å². The van der Waals surface area contributed by atoms with Crippen LogP contribution in [-0.2, 0) is 9.53 Å².